The number of likely N-dealkylation sites (tertiary alicyclic amines) is 1. The van der Waals surface area contributed by atoms with Crippen molar-refractivity contribution >= 4 is 11.9 Å². The highest BCUT2D eigenvalue weighted by Crippen LogP contribution is 2.16. The van der Waals surface area contributed by atoms with Gasteiger partial charge in [-0.2, -0.15) is 5.10 Å². The molecular formula is C17H21N5O2. The maximum Gasteiger partial charge on any atom is 0.314 e. The summed E-state index contributed by atoms with van der Waals surface area (Å²) in [5.74, 6) is 0.0517. The van der Waals surface area contributed by atoms with Gasteiger partial charge in [-0.3, -0.25) is 4.79 Å². The van der Waals surface area contributed by atoms with E-state index in [2.05, 4.69) is 10.4 Å². The third-order valence-corrected chi connectivity index (χ3v) is 4.26. The number of urea groups is 1. The minimum absolute atomic E-state index is 0.174. The molecule has 0 radical (unpaired) electrons. The van der Waals surface area contributed by atoms with E-state index < -0.39 is 6.03 Å². The second-order valence-corrected chi connectivity index (χ2v) is 5.97. The lowest BCUT2D eigenvalue weighted by Gasteiger charge is -2.31. The summed E-state index contributed by atoms with van der Waals surface area (Å²) in [6.45, 7) is 1.80. The Balaban J connectivity index is 1.62. The van der Waals surface area contributed by atoms with E-state index in [9.17, 15) is 9.59 Å². The molecule has 3 amide bonds. The van der Waals surface area contributed by atoms with Gasteiger partial charge in [-0.05, 0) is 37.0 Å². The number of primary amides is 1. The number of hydrogen-bond donors (Lipinski definition) is 2. The van der Waals surface area contributed by atoms with Crippen LogP contribution in [0.1, 0.15) is 23.3 Å². The summed E-state index contributed by atoms with van der Waals surface area (Å²) in [5.41, 5.74) is 6.66. The molecular weight excluding hydrogens is 306 g/mol. The molecule has 24 heavy (non-hydrogen) atoms. The van der Waals surface area contributed by atoms with Crippen molar-refractivity contribution in [1.82, 2.24) is 20.0 Å². The van der Waals surface area contributed by atoms with Gasteiger partial charge in [-0.1, -0.05) is 18.2 Å². The van der Waals surface area contributed by atoms with Crippen molar-refractivity contribution in [1.29, 1.82) is 0 Å². The van der Waals surface area contributed by atoms with Crippen molar-refractivity contribution in [2.75, 3.05) is 19.6 Å². The Hall–Kier alpha value is -2.83. The zero-order valence-corrected chi connectivity index (χ0v) is 13.4. The Morgan fingerprint density at radius 2 is 2.04 bits per heavy atom. The van der Waals surface area contributed by atoms with Crippen molar-refractivity contribution in [3.63, 3.8) is 0 Å². The van der Waals surface area contributed by atoms with Crippen LogP contribution in [-0.2, 0) is 0 Å². The Bertz CT molecular complexity index is 713. The first-order valence-electron chi connectivity index (χ1n) is 8.07. The quantitative estimate of drug-likeness (QED) is 0.888. The Labute approximate surface area is 140 Å². The van der Waals surface area contributed by atoms with Crippen LogP contribution >= 0.6 is 0 Å². The van der Waals surface area contributed by atoms with E-state index in [0.717, 1.165) is 18.5 Å². The van der Waals surface area contributed by atoms with Crippen molar-refractivity contribution in [3.8, 4) is 5.69 Å². The fraction of sp³-hybridized carbons (Fsp3) is 0.353. The molecule has 1 aliphatic heterocycles. The van der Waals surface area contributed by atoms with Gasteiger partial charge in [0.05, 0.1) is 11.9 Å². The summed E-state index contributed by atoms with van der Waals surface area (Å²) < 4.78 is 1.62. The number of nitrogens with one attached hydrogen (secondary N) is 1. The first-order chi connectivity index (χ1) is 11.6. The molecule has 0 aliphatic carbocycles. The molecule has 7 nitrogen and oxygen atoms in total. The highest BCUT2D eigenvalue weighted by molar-refractivity contribution is 5.93. The van der Waals surface area contributed by atoms with Crippen LogP contribution in [0.2, 0.25) is 0 Å². The van der Waals surface area contributed by atoms with Gasteiger partial charge >= 0.3 is 6.03 Å². The number of nitrogens with zero attached hydrogens (tertiary/aromatic N) is 3. The summed E-state index contributed by atoms with van der Waals surface area (Å²) >= 11 is 0. The average Bonchev–Trinajstić information content (AvgIpc) is 3.10. The number of carbonyl (C=O) groups is 2. The number of rotatable bonds is 4. The predicted molar refractivity (Wildman–Crippen MR) is 89.8 cm³/mol. The lowest BCUT2D eigenvalue weighted by atomic mass is 9.98. The molecule has 1 fully saturated rings. The molecule has 3 N–H and O–H groups in total. The van der Waals surface area contributed by atoms with Gasteiger partial charge in [0.1, 0.15) is 5.69 Å². The minimum atomic E-state index is -0.395. The molecule has 3 rings (SSSR count). The van der Waals surface area contributed by atoms with Crippen LogP contribution in [0.5, 0.6) is 0 Å². The Morgan fingerprint density at radius 1 is 1.25 bits per heavy atom. The topological polar surface area (TPSA) is 93.2 Å². The number of amides is 3. The van der Waals surface area contributed by atoms with Crippen LogP contribution in [0.4, 0.5) is 4.79 Å². The van der Waals surface area contributed by atoms with E-state index in [0.29, 0.717) is 25.3 Å². The minimum Gasteiger partial charge on any atom is -0.351 e. The number of nitrogens with two attached hydrogens (primary N) is 1. The summed E-state index contributed by atoms with van der Waals surface area (Å²) in [4.78, 5) is 25.4. The van der Waals surface area contributed by atoms with E-state index in [1.165, 1.54) is 0 Å². The second-order valence-electron chi connectivity index (χ2n) is 5.97. The maximum atomic E-state index is 12.5. The highest BCUT2D eigenvalue weighted by Gasteiger charge is 2.23. The molecule has 1 atom stereocenters. The van der Waals surface area contributed by atoms with Crippen LogP contribution in [0.25, 0.3) is 5.69 Å². The average molecular weight is 327 g/mol. The van der Waals surface area contributed by atoms with Crippen LogP contribution in [-0.4, -0.2) is 46.3 Å². The molecule has 0 saturated carbocycles. The first-order valence-corrected chi connectivity index (χ1v) is 8.07. The van der Waals surface area contributed by atoms with Gasteiger partial charge in [-0.25, -0.2) is 9.48 Å². The Kier molecular flexibility index (Phi) is 4.79. The molecule has 1 unspecified atom stereocenters. The first kappa shape index (κ1) is 16.0. The van der Waals surface area contributed by atoms with Crippen molar-refractivity contribution in [2.24, 2.45) is 11.7 Å². The SMILES string of the molecule is NC(=O)N1CCCC(CNC(=O)c2ccnn2-c2ccccc2)C1. The molecule has 7 heteroatoms. The summed E-state index contributed by atoms with van der Waals surface area (Å²) in [7, 11) is 0. The van der Waals surface area contributed by atoms with E-state index >= 15 is 0 Å². The van der Waals surface area contributed by atoms with Crippen molar-refractivity contribution in [3.05, 3.63) is 48.3 Å². The molecule has 1 aromatic carbocycles. The number of hydrogen-bond acceptors (Lipinski definition) is 3. The van der Waals surface area contributed by atoms with Gasteiger partial charge in [0.25, 0.3) is 5.91 Å². The van der Waals surface area contributed by atoms with Crippen LogP contribution < -0.4 is 11.1 Å². The zero-order chi connectivity index (χ0) is 16.9. The van der Waals surface area contributed by atoms with Crippen LogP contribution in [0, 0.1) is 5.92 Å². The molecule has 2 heterocycles. The molecule has 0 bridgehead atoms. The molecule has 2 aromatic rings. The van der Waals surface area contributed by atoms with Gasteiger partial charge in [0, 0.05) is 19.6 Å². The van der Waals surface area contributed by atoms with Gasteiger partial charge in [0.15, 0.2) is 0 Å². The Morgan fingerprint density at radius 3 is 2.79 bits per heavy atom. The van der Waals surface area contributed by atoms with E-state index in [1.54, 1.807) is 21.8 Å². The molecule has 1 aliphatic rings. The molecule has 0 spiro atoms. The second kappa shape index (κ2) is 7.16. The van der Waals surface area contributed by atoms with Crippen molar-refractivity contribution in [2.45, 2.75) is 12.8 Å². The smallest absolute Gasteiger partial charge is 0.314 e. The van der Waals surface area contributed by atoms with Crippen LogP contribution in [0.3, 0.4) is 0 Å². The maximum absolute atomic E-state index is 12.5. The van der Waals surface area contributed by atoms with E-state index in [1.807, 2.05) is 30.3 Å². The number of carbonyl (C=O) groups excluding carboxylic acids is 2. The number of piperidine rings is 1. The monoisotopic (exact) mass is 327 g/mol. The standard InChI is InChI=1S/C17H21N5O2/c18-17(24)21-10-4-5-13(12-21)11-19-16(23)15-8-9-20-22(15)14-6-2-1-3-7-14/h1-3,6-9,13H,4-5,10-12H2,(H2,18,24)(H,19,23). The lowest BCUT2D eigenvalue weighted by molar-refractivity contribution is 0.0930. The van der Waals surface area contributed by atoms with E-state index in [-0.39, 0.29) is 11.8 Å². The van der Waals surface area contributed by atoms with Crippen molar-refractivity contribution < 1.29 is 9.59 Å². The number of para-hydroxylation sites is 1. The zero-order valence-electron chi connectivity index (χ0n) is 13.4. The number of aromatic nitrogens is 2. The summed E-state index contributed by atoms with van der Waals surface area (Å²) in [6.07, 6.45) is 3.49. The van der Waals surface area contributed by atoms with Crippen LogP contribution in [0.15, 0.2) is 42.6 Å². The molecule has 1 aromatic heterocycles. The van der Waals surface area contributed by atoms with Gasteiger partial charge in [0.2, 0.25) is 0 Å². The fourth-order valence-electron chi connectivity index (χ4n) is 3.01. The third-order valence-electron chi connectivity index (χ3n) is 4.26. The highest BCUT2D eigenvalue weighted by atomic mass is 16.2. The summed E-state index contributed by atoms with van der Waals surface area (Å²) in [6, 6.07) is 10.8. The van der Waals surface area contributed by atoms with Gasteiger partial charge in [-0.15, -0.1) is 0 Å². The largest absolute Gasteiger partial charge is 0.351 e. The van der Waals surface area contributed by atoms with E-state index in [4.69, 9.17) is 5.73 Å². The van der Waals surface area contributed by atoms with Gasteiger partial charge < -0.3 is 16.0 Å². The molecule has 1 saturated heterocycles. The predicted octanol–water partition coefficient (Wildman–Crippen LogP) is 1.39. The molecule has 126 valence electrons. The number of benzene rings is 1. The third kappa shape index (κ3) is 3.56. The fourth-order valence-corrected chi connectivity index (χ4v) is 3.01. The normalized spacial score (nSPS) is 17.5. The lowest BCUT2D eigenvalue weighted by Crippen LogP contribution is -2.45. The summed E-state index contributed by atoms with van der Waals surface area (Å²) in [5, 5.41) is 7.17.